The molecule has 25 heavy (non-hydrogen) atoms. The van der Waals surface area contributed by atoms with Crippen LogP contribution in [0.1, 0.15) is 57.0 Å². The maximum atomic E-state index is 13.2. The third-order valence-corrected chi connectivity index (χ3v) is 4.92. The summed E-state index contributed by atoms with van der Waals surface area (Å²) in [5, 5.41) is 7.38. The number of unbranched alkanes of at least 4 members (excludes halogenated alkanes) is 3. The smallest absolute Gasteiger partial charge is 0.153 e. The first-order chi connectivity index (χ1) is 12.2. The topological polar surface area (TPSA) is 83.7 Å². The van der Waals surface area contributed by atoms with E-state index in [1.807, 2.05) is 0 Å². The van der Waals surface area contributed by atoms with E-state index in [1.54, 1.807) is 0 Å². The molecule has 7 heteroatoms. The van der Waals surface area contributed by atoms with Gasteiger partial charge in [0.15, 0.2) is 5.82 Å². The summed E-state index contributed by atoms with van der Waals surface area (Å²) < 4.78 is 13.2. The number of alkyl halides is 1. The first kappa shape index (κ1) is 18.0. The quantitative estimate of drug-likeness (QED) is 0.681. The van der Waals surface area contributed by atoms with E-state index in [0.717, 1.165) is 80.6 Å². The molecular formula is C18H29FN6. The Morgan fingerprint density at radius 2 is 2.08 bits per heavy atom. The fourth-order valence-electron chi connectivity index (χ4n) is 3.44. The number of aryl methyl sites for hydroxylation is 2. The van der Waals surface area contributed by atoms with Crippen LogP contribution >= 0.6 is 0 Å². The van der Waals surface area contributed by atoms with E-state index < -0.39 is 6.17 Å². The summed E-state index contributed by atoms with van der Waals surface area (Å²) >= 11 is 0. The largest absolute Gasteiger partial charge is 0.382 e. The van der Waals surface area contributed by atoms with Crippen molar-refractivity contribution in [2.24, 2.45) is 0 Å². The predicted octanol–water partition coefficient (Wildman–Crippen LogP) is 3.03. The molecule has 0 spiro atoms. The summed E-state index contributed by atoms with van der Waals surface area (Å²) in [5.41, 5.74) is 8.64. The van der Waals surface area contributed by atoms with E-state index in [1.165, 1.54) is 0 Å². The van der Waals surface area contributed by atoms with Gasteiger partial charge in [0.05, 0.1) is 5.69 Å². The molecule has 1 aliphatic heterocycles. The first-order valence-corrected chi connectivity index (χ1v) is 9.53. The number of nitrogen functional groups attached to an aromatic ring is 1. The molecule has 0 radical (unpaired) electrons. The molecule has 2 aromatic rings. The number of rotatable bonds is 9. The van der Waals surface area contributed by atoms with E-state index in [-0.39, 0.29) is 0 Å². The number of hydrogen-bond acceptors (Lipinski definition) is 5. The second-order valence-corrected chi connectivity index (χ2v) is 7.02. The molecule has 1 fully saturated rings. The van der Waals surface area contributed by atoms with Crippen molar-refractivity contribution in [1.82, 2.24) is 25.1 Å². The van der Waals surface area contributed by atoms with Crippen molar-refractivity contribution in [3.8, 4) is 0 Å². The van der Waals surface area contributed by atoms with Crippen LogP contribution < -0.4 is 5.73 Å². The van der Waals surface area contributed by atoms with Gasteiger partial charge in [0, 0.05) is 19.5 Å². The van der Waals surface area contributed by atoms with Crippen LogP contribution in [0.25, 0.3) is 11.0 Å². The second-order valence-electron chi connectivity index (χ2n) is 7.02. The maximum Gasteiger partial charge on any atom is 0.153 e. The number of nitrogens with one attached hydrogen (secondary N) is 1. The van der Waals surface area contributed by atoms with Gasteiger partial charge in [-0.2, -0.15) is 5.10 Å². The lowest BCUT2D eigenvalue weighted by molar-refractivity contribution is 0.283. The monoisotopic (exact) mass is 348 g/mol. The lowest BCUT2D eigenvalue weighted by Gasteiger charge is -2.13. The Balaban J connectivity index is 1.51. The SMILES string of the molecule is CCCCc1nc(N)c2[nH]nc(CCCCCN3CC[C@@H](F)C3)c2n1. The highest BCUT2D eigenvalue weighted by atomic mass is 19.1. The number of nitrogens with zero attached hydrogens (tertiary/aromatic N) is 4. The van der Waals surface area contributed by atoms with Gasteiger partial charge in [-0.15, -0.1) is 0 Å². The van der Waals surface area contributed by atoms with E-state index in [0.29, 0.717) is 18.8 Å². The Labute approximate surface area is 148 Å². The number of fused-ring (bicyclic) bond motifs is 1. The van der Waals surface area contributed by atoms with Crippen molar-refractivity contribution in [2.75, 3.05) is 25.4 Å². The van der Waals surface area contributed by atoms with Crippen molar-refractivity contribution in [1.29, 1.82) is 0 Å². The molecule has 3 heterocycles. The summed E-state index contributed by atoms with van der Waals surface area (Å²) in [4.78, 5) is 11.3. The lowest BCUT2D eigenvalue weighted by atomic mass is 10.1. The van der Waals surface area contributed by atoms with E-state index in [2.05, 4.69) is 32.0 Å². The number of H-pyrrole nitrogens is 1. The fourth-order valence-corrected chi connectivity index (χ4v) is 3.44. The minimum absolute atomic E-state index is 0.490. The van der Waals surface area contributed by atoms with Gasteiger partial charge in [-0.05, 0) is 38.6 Å². The molecular weight excluding hydrogens is 319 g/mol. The van der Waals surface area contributed by atoms with Gasteiger partial charge in [-0.1, -0.05) is 19.8 Å². The molecule has 2 aromatic heterocycles. The molecule has 0 aliphatic carbocycles. The zero-order valence-electron chi connectivity index (χ0n) is 15.1. The van der Waals surface area contributed by atoms with Gasteiger partial charge < -0.3 is 10.6 Å². The van der Waals surface area contributed by atoms with Gasteiger partial charge in [0.25, 0.3) is 0 Å². The third-order valence-electron chi connectivity index (χ3n) is 4.92. The average molecular weight is 348 g/mol. The van der Waals surface area contributed by atoms with Crippen molar-refractivity contribution in [2.45, 2.75) is 64.5 Å². The van der Waals surface area contributed by atoms with Gasteiger partial charge >= 0.3 is 0 Å². The zero-order chi connectivity index (χ0) is 17.6. The summed E-state index contributed by atoms with van der Waals surface area (Å²) in [6.45, 7) is 4.67. The minimum atomic E-state index is -0.623. The van der Waals surface area contributed by atoms with Crippen LogP contribution in [0.15, 0.2) is 0 Å². The summed E-state index contributed by atoms with van der Waals surface area (Å²) in [6.07, 6.45) is 7.26. The van der Waals surface area contributed by atoms with Crippen LogP contribution in [-0.2, 0) is 12.8 Å². The third kappa shape index (κ3) is 4.66. The van der Waals surface area contributed by atoms with Crippen LogP contribution in [0.3, 0.4) is 0 Å². The first-order valence-electron chi connectivity index (χ1n) is 9.53. The Morgan fingerprint density at radius 3 is 2.84 bits per heavy atom. The number of halogens is 1. The Bertz CT molecular complexity index is 686. The standard InChI is InChI=1S/C18H29FN6/c1-2-3-8-15-21-16-14(23-24-17(16)18(20)22-15)7-5-4-6-10-25-11-9-13(19)12-25/h13H,2-12H2,1H3,(H,23,24)(H2,20,21,22)/t13-/m1/s1. The summed E-state index contributed by atoms with van der Waals surface area (Å²) in [6, 6.07) is 0. The van der Waals surface area contributed by atoms with Gasteiger partial charge in [-0.3, -0.25) is 5.10 Å². The molecule has 3 N–H and O–H groups in total. The van der Waals surface area contributed by atoms with Crippen molar-refractivity contribution < 1.29 is 4.39 Å². The van der Waals surface area contributed by atoms with E-state index in [9.17, 15) is 4.39 Å². The van der Waals surface area contributed by atoms with Crippen molar-refractivity contribution in [3.05, 3.63) is 11.5 Å². The molecule has 138 valence electrons. The maximum absolute atomic E-state index is 13.2. The molecule has 0 amide bonds. The Morgan fingerprint density at radius 1 is 1.20 bits per heavy atom. The summed E-state index contributed by atoms with van der Waals surface area (Å²) in [5.74, 6) is 1.30. The number of aromatic nitrogens is 4. The highest BCUT2D eigenvalue weighted by molar-refractivity contribution is 5.85. The highest BCUT2D eigenvalue weighted by Gasteiger charge is 2.20. The van der Waals surface area contributed by atoms with Crippen molar-refractivity contribution >= 4 is 16.9 Å². The molecule has 1 saturated heterocycles. The van der Waals surface area contributed by atoms with Crippen molar-refractivity contribution in [3.63, 3.8) is 0 Å². The van der Waals surface area contributed by atoms with Crippen LogP contribution in [0.2, 0.25) is 0 Å². The number of aromatic amines is 1. The summed E-state index contributed by atoms with van der Waals surface area (Å²) in [7, 11) is 0. The average Bonchev–Trinajstić information content (AvgIpc) is 3.19. The number of hydrogen-bond donors (Lipinski definition) is 2. The van der Waals surface area contributed by atoms with Gasteiger partial charge in [0.2, 0.25) is 0 Å². The van der Waals surface area contributed by atoms with Crippen LogP contribution in [0.5, 0.6) is 0 Å². The Kier molecular flexibility index (Phi) is 6.18. The van der Waals surface area contributed by atoms with E-state index in [4.69, 9.17) is 5.73 Å². The molecule has 1 aliphatic rings. The Hall–Kier alpha value is -1.76. The van der Waals surface area contributed by atoms with Crippen LogP contribution in [0.4, 0.5) is 10.2 Å². The minimum Gasteiger partial charge on any atom is -0.382 e. The normalized spacial score (nSPS) is 18.4. The molecule has 6 nitrogen and oxygen atoms in total. The number of nitrogens with two attached hydrogens (primary N) is 1. The number of anilines is 1. The van der Waals surface area contributed by atoms with Crippen LogP contribution in [0, 0.1) is 0 Å². The molecule has 0 saturated carbocycles. The van der Waals surface area contributed by atoms with E-state index >= 15 is 0 Å². The van der Waals surface area contributed by atoms with Gasteiger partial charge in [0.1, 0.15) is 23.0 Å². The molecule has 3 rings (SSSR count). The van der Waals surface area contributed by atoms with Crippen LogP contribution in [-0.4, -0.2) is 50.9 Å². The zero-order valence-corrected chi connectivity index (χ0v) is 15.1. The van der Waals surface area contributed by atoms with Gasteiger partial charge in [-0.25, -0.2) is 14.4 Å². The molecule has 1 atom stereocenters. The molecule has 0 bridgehead atoms. The number of likely N-dealkylation sites (tertiary alicyclic amines) is 1. The molecule has 0 unspecified atom stereocenters. The fraction of sp³-hybridized carbons (Fsp3) is 0.722. The predicted molar refractivity (Wildman–Crippen MR) is 98.2 cm³/mol. The molecule has 0 aromatic carbocycles. The highest BCUT2D eigenvalue weighted by Crippen LogP contribution is 2.21. The lowest BCUT2D eigenvalue weighted by Crippen LogP contribution is -2.22. The second kappa shape index (κ2) is 8.56.